The lowest BCUT2D eigenvalue weighted by Crippen LogP contribution is -2.43. The Morgan fingerprint density at radius 1 is 1.11 bits per heavy atom. The number of rotatable bonds is 8. The van der Waals surface area contributed by atoms with Crippen molar-refractivity contribution in [3.8, 4) is 0 Å². The normalized spacial score (nSPS) is 11.6. The van der Waals surface area contributed by atoms with Crippen molar-refractivity contribution in [3.05, 3.63) is 12.2 Å². The zero-order chi connectivity index (χ0) is 14.0. The van der Waals surface area contributed by atoms with Gasteiger partial charge in [0.15, 0.2) is 0 Å². The molecule has 0 N–H and O–H groups in total. The highest BCUT2D eigenvalue weighted by Crippen LogP contribution is 2.01. The molecule has 0 rings (SSSR count). The maximum Gasteiger partial charge on any atom is 0.331 e. The molecule has 0 aromatic carbocycles. The minimum absolute atomic E-state index is 0.348. The van der Waals surface area contributed by atoms with Gasteiger partial charge in [0.25, 0.3) is 0 Å². The summed E-state index contributed by atoms with van der Waals surface area (Å²) in [5.41, 5.74) is 0. The Bertz CT molecular complexity index is 297. The molecule has 0 bridgehead atoms. The fourth-order valence-electron chi connectivity index (χ4n) is 1.34. The molecule has 0 spiro atoms. The monoisotopic (exact) mass is 258 g/mol. The first kappa shape index (κ1) is 16.6. The molecule has 0 radical (unpaired) electrons. The Balaban J connectivity index is 3.86. The summed E-state index contributed by atoms with van der Waals surface area (Å²) in [6, 6.07) is 0. The van der Waals surface area contributed by atoms with Crippen molar-refractivity contribution in [1.82, 2.24) is 0 Å². The molecule has 5 heteroatoms. The quantitative estimate of drug-likeness (QED) is 0.372. The molecule has 0 aliphatic rings. The third kappa shape index (κ3) is 8.75. The van der Waals surface area contributed by atoms with Gasteiger partial charge in [-0.25, -0.2) is 9.59 Å². The van der Waals surface area contributed by atoms with Crippen LogP contribution in [-0.2, 0) is 19.1 Å². The highest BCUT2D eigenvalue weighted by molar-refractivity contribution is 5.91. The average Bonchev–Trinajstić information content (AvgIpc) is 2.33. The third-order valence-corrected chi connectivity index (χ3v) is 2.61. The highest BCUT2D eigenvalue weighted by atomic mass is 16.5. The third-order valence-electron chi connectivity index (χ3n) is 2.61. The maximum absolute atomic E-state index is 11.2. The molecule has 104 valence electrons. The van der Waals surface area contributed by atoms with Gasteiger partial charge in [0, 0.05) is 12.2 Å². The van der Waals surface area contributed by atoms with Gasteiger partial charge < -0.3 is 14.0 Å². The van der Waals surface area contributed by atoms with Gasteiger partial charge in [0.2, 0.25) is 0 Å². The van der Waals surface area contributed by atoms with E-state index in [0.29, 0.717) is 6.61 Å². The number of likely N-dealkylation sites (N-methyl/N-ethyl adjacent to an activating group) is 1. The van der Waals surface area contributed by atoms with Gasteiger partial charge in [-0.3, -0.25) is 0 Å². The number of esters is 2. The smallest absolute Gasteiger partial charge is 0.331 e. The second-order valence-electron chi connectivity index (χ2n) is 4.76. The van der Waals surface area contributed by atoms with E-state index >= 15 is 0 Å². The zero-order valence-corrected chi connectivity index (χ0v) is 11.8. The molecule has 5 nitrogen and oxygen atoms in total. The van der Waals surface area contributed by atoms with E-state index in [9.17, 15) is 9.59 Å². The number of methoxy groups -OCH3 is 1. The van der Waals surface area contributed by atoms with Gasteiger partial charge in [0.05, 0.1) is 27.7 Å². The van der Waals surface area contributed by atoms with Crippen molar-refractivity contribution in [2.45, 2.75) is 19.8 Å². The summed E-state index contributed by atoms with van der Waals surface area (Å²) >= 11 is 0. The minimum atomic E-state index is -0.564. The fraction of sp³-hybridized carbons (Fsp3) is 0.692. The molecule has 0 heterocycles. The van der Waals surface area contributed by atoms with Crippen LogP contribution in [0.3, 0.4) is 0 Å². The van der Waals surface area contributed by atoms with Crippen LogP contribution >= 0.6 is 0 Å². The molecule has 0 fully saturated rings. The lowest BCUT2D eigenvalue weighted by atomic mass is 10.3. The first-order valence-corrected chi connectivity index (χ1v) is 6.16. The second kappa shape index (κ2) is 8.69. The van der Waals surface area contributed by atoms with E-state index in [-0.39, 0.29) is 0 Å². The van der Waals surface area contributed by atoms with E-state index in [1.54, 1.807) is 0 Å². The summed E-state index contributed by atoms with van der Waals surface area (Å²) in [5.74, 6) is -1.08. The molecular weight excluding hydrogens is 234 g/mol. The molecule has 0 aromatic heterocycles. The SMILES string of the molecule is CCCC[N+](C)(C)CCOC(=O)C=CC(=O)OC. The van der Waals surface area contributed by atoms with E-state index in [0.717, 1.165) is 42.6 Å². The lowest BCUT2D eigenvalue weighted by Gasteiger charge is -2.29. The van der Waals surface area contributed by atoms with Crippen molar-refractivity contribution in [3.63, 3.8) is 0 Å². The molecule has 0 amide bonds. The van der Waals surface area contributed by atoms with E-state index < -0.39 is 11.9 Å². The average molecular weight is 258 g/mol. The van der Waals surface area contributed by atoms with Crippen LogP contribution in [0.2, 0.25) is 0 Å². The number of carbonyl (C=O) groups excluding carboxylic acids is 2. The predicted molar refractivity (Wildman–Crippen MR) is 68.9 cm³/mol. The van der Waals surface area contributed by atoms with Crippen LogP contribution in [0.5, 0.6) is 0 Å². The standard InChI is InChI=1S/C13H24NO4/c1-5-6-9-14(2,3)10-11-18-13(16)8-7-12(15)17-4/h7-8H,5-6,9-11H2,1-4H3/q+1. The minimum Gasteiger partial charge on any atom is -0.466 e. The van der Waals surface area contributed by atoms with Gasteiger partial charge in [-0.05, 0) is 6.42 Å². The second-order valence-corrected chi connectivity index (χ2v) is 4.76. The summed E-state index contributed by atoms with van der Waals surface area (Å²) in [7, 11) is 5.47. The van der Waals surface area contributed by atoms with Gasteiger partial charge in [-0.15, -0.1) is 0 Å². The molecule has 0 aliphatic carbocycles. The number of carbonyl (C=O) groups is 2. The first-order chi connectivity index (χ1) is 8.41. The maximum atomic E-state index is 11.2. The summed E-state index contributed by atoms with van der Waals surface area (Å²) in [6.45, 7) is 4.32. The highest BCUT2D eigenvalue weighted by Gasteiger charge is 2.14. The number of hydrogen-bond acceptors (Lipinski definition) is 4. The van der Waals surface area contributed by atoms with Gasteiger partial charge >= 0.3 is 11.9 Å². The molecule has 0 saturated heterocycles. The van der Waals surface area contributed by atoms with E-state index in [4.69, 9.17) is 4.74 Å². The summed E-state index contributed by atoms with van der Waals surface area (Å²) < 4.78 is 10.2. The Labute approximate surface area is 109 Å². The molecule has 18 heavy (non-hydrogen) atoms. The fourth-order valence-corrected chi connectivity index (χ4v) is 1.34. The molecule has 0 atom stereocenters. The number of unbranched alkanes of at least 4 members (excludes halogenated alkanes) is 1. The Kier molecular flexibility index (Phi) is 8.03. The van der Waals surface area contributed by atoms with Gasteiger partial charge in [0.1, 0.15) is 13.2 Å². The molecule has 0 aliphatic heterocycles. The molecule has 0 unspecified atom stereocenters. The largest absolute Gasteiger partial charge is 0.466 e. The van der Waals surface area contributed by atoms with E-state index in [2.05, 4.69) is 25.8 Å². The van der Waals surface area contributed by atoms with Crippen LogP contribution in [0.1, 0.15) is 19.8 Å². The number of quaternary nitrogens is 1. The number of nitrogens with zero attached hydrogens (tertiary/aromatic N) is 1. The number of hydrogen-bond donors (Lipinski definition) is 0. The van der Waals surface area contributed by atoms with Crippen molar-refractivity contribution in [2.24, 2.45) is 0 Å². The van der Waals surface area contributed by atoms with Crippen molar-refractivity contribution >= 4 is 11.9 Å². The van der Waals surface area contributed by atoms with Crippen LogP contribution in [0.15, 0.2) is 12.2 Å². The Morgan fingerprint density at radius 3 is 2.28 bits per heavy atom. The van der Waals surface area contributed by atoms with Crippen molar-refractivity contribution in [1.29, 1.82) is 0 Å². The summed E-state index contributed by atoms with van der Waals surface area (Å²) in [5, 5.41) is 0. The number of ether oxygens (including phenoxy) is 2. The van der Waals surface area contributed by atoms with Crippen LogP contribution < -0.4 is 0 Å². The van der Waals surface area contributed by atoms with Crippen LogP contribution in [0, 0.1) is 0 Å². The summed E-state index contributed by atoms with van der Waals surface area (Å²) in [4.78, 5) is 22.0. The van der Waals surface area contributed by atoms with Crippen molar-refractivity contribution in [2.75, 3.05) is 40.9 Å². The van der Waals surface area contributed by atoms with E-state index in [1.165, 1.54) is 7.11 Å². The van der Waals surface area contributed by atoms with Crippen LogP contribution in [0.4, 0.5) is 0 Å². The van der Waals surface area contributed by atoms with Gasteiger partial charge in [-0.1, -0.05) is 13.3 Å². The first-order valence-electron chi connectivity index (χ1n) is 6.16. The molecule has 0 saturated carbocycles. The Morgan fingerprint density at radius 2 is 1.72 bits per heavy atom. The lowest BCUT2D eigenvalue weighted by molar-refractivity contribution is -0.890. The van der Waals surface area contributed by atoms with Crippen molar-refractivity contribution < 1.29 is 23.5 Å². The van der Waals surface area contributed by atoms with Crippen LogP contribution in [-0.4, -0.2) is 57.3 Å². The summed E-state index contributed by atoms with van der Waals surface area (Å²) in [6.07, 6.45) is 4.45. The molecular formula is C13H24NO4+. The zero-order valence-electron chi connectivity index (χ0n) is 11.8. The van der Waals surface area contributed by atoms with Gasteiger partial charge in [-0.2, -0.15) is 0 Å². The topological polar surface area (TPSA) is 52.6 Å². The molecule has 0 aromatic rings. The predicted octanol–water partition coefficient (Wildman–Crippen LogP) is 1.14. The van der Waals surface area contributed by atoms with E-state index in [1.807, 2.05) is 0 Å². The van der Waals surface area contributed by atoms with Crippen LogP contribution in [0.25, 0.3) is 0 Å². The Hall–Kier alpha value is -1.36.